The highest BCUT2D eigenvalue weighted by atomic mass is 19.4. The minimum absolute atomic E-state index is 0.150. The molecule has 1 aliphatic rings. The minimum atomic E-state index is -5.08. The molecule has 1 aromatic rings. The van der Waals surface area contributed by atoms with Crippen LogP contribution in [0.15, 0.2) is 24.3 Å². The highest BCUT2D eigenvalue weighted by Gasteiger charge is 2.38. The Hall–Kier alpha value is -2.29. The van der Waals surface area contributed by atoms with Gasteiger partial charge in [-0.15, -0.1) is 0 Å². The maximum Gasteiger partial charge on any atom is 0.490 e. The normalized spacial score (nSPS) is 14.6. The van der Waals surface area contributed by atoms with E-state index < -0.39 is 18.1 Å². The highest BCUT2D eigenvalue weighted by molar-refractivity contribution is 5.73. The van der Waals surface area contributed by atoms with E-state index in [0.717, 1.165) is 30.3 Å². The summed E-state index contributed by atoms with van der Waals surface area (Å²) >= 11 is 0. The molecule has 0 amide bonds. The Morgan fingerprint density at radius 2 is 1.79 bits per heavy atom. The van der Waals surface area contributed by atoms with Gasteiger partial charge in [-0.1, -0.05) is 44.2 Å². The molecule has 0 unspecified atom stereocenters. The third kappa shape index (κ3) is 12.0. The van der Waals surface area contributed by atoms with E-state index in [0.29, 0.717) is 13.1 Å². The molecular formula is C20H28F3NO5. The Labute approximate surface area is 168 Å². The van der Waals surface area contributed by atoms with Crippen molar-refractivity contribution in [2.75, 3.05) is 13.2 Å². The SMILES string of the molecule is O=C(O)C(F)(F)F.O=C(O)CCNCc1cccc(OCCC2CCCCC2)c1. The monoisotopic (exact) mass is 419 g/mol. The van der Waals surface area contributed by atoms with E-state index in [1.165, 1.54) is 32.1 Å². The summed E-state index contributed by atoms with van der Waals surface area (Å²) in [6.45, 7) is 1.95. The lowest BCUT2D eigenvalue weighted by Crippen LogP contribution is -2.21. The van der Waals surface area contributed by atoms with Crippen LogP contribution in [0.25, 0.3) is 0 Å². The first-order valence-corrected chi connectivity index (χ1v) is 9.63. The van der Waals surface area contributed by atoms with Crippen molar-refractivity contribution in [1.29, 1.82) is 0 Å². The number of alkyl halides is 3. The molecule has 164 valence electrons. The standard InChI is InChI=1S/C18H27NO3.C2HF3O2/c20-18(21)9-11-19-14-16-7-4-8-17(13-16)22-12-10-15-5-2-1-3-6-15;3-2(4,5)1(6)7/h4,7-8,13,15,19H,1-3,5-6,9-12,14H2,(H,20,21);(H,6,7). The van der Waals surface area contributed by atoms with Crippen LogP contribution in [0.5, 0.6) is 5.75 Å². The lowest BCUT2D eigenvalue weighted by molar-refractivity contribution is -0.192. The number of carboxylic acid groups (broad SMARTS) is 2. The lowest BCUT2D eigenvalue weighted by atomic mass is 9.87. The molecule has 0 saturated heterocycles. The molecule has 0 spiro atoms. The van der Waals surface area contributed by atoms with Crippen molar-refractivity contribution in [3.8, 4) is 5.75 Å². The summed E-state index contributed by atoms with van der Waals surface area (Å²) in [5.74, 6) is -1.78. The predicted octanol–water partition coefficient (Wildman–Crippen LogP) is 4.23. The van der Waals surface area contributed by atoms with Crippen molar-refractivity contribution < 1.29 is 37.7 Å². The van der Waals surface area contributed by atoms with Crippen LogP contribution >= 0.6 is 0 Å². The molecule has 3 N–H and O–H groups in total. The number of ether oxygens (including phenoxy) is 1. The first-order valence-electron chi connectivity index (χ1n) is 9.63. The topological polar surface area (TPSA) is 95.9 Å². The van der Waals surface area contributed by atoms with Crippen LogP contribution in [0.3, 0.4) is 0 Å². The molecule has 0 aliphatic heterocycles. The number of hydrogen-bond acceptors (Lipinski definition) is 4. The van der Waals surface area contributed by atoms with Crippen molar-refractivity contribution in [3.63, 3.8) is 0 Å². The van der Waals surface area contributed by atoms with Gasteiger partial charge in [0.2, 0.25) is 0 Å². The number of aliphatic carboxylic acids is 2. The van der Waals surface area contributed by atoms with Gasteiger partial charge in [0.05, 0.1) is 13.0 Å². The average Bonchev–Trinajstić information content (AvgIpc) is 2.66. The summed E-state index contributed by atoms with van der Waals surface area (Å²) in [6, 6.07) is 8.04. The molecule has 1 aromatic carbocycles. The molecule has 0 aromatic heterocycles. The molecule has 0 bridgehead atoms. The van der Waals surface area contributed by atoms with Gasteiger partial charge in [-0.2, -0.15) is 13.2 Å². The fourth-order valence-electron chi connectivity index (χ4n) is 2.99. The number of carboxylic acids is 2. The van der Waals surface area contributed by atoms with Crippen LogP contribution in [0, 0.1) is 5.92 Å². The van der Waals surface area contributed by atoms with Crippen LogP contribution in [-0.2, 0) is 16.1 Å². The van der Waals surface area contributed by atoms with Crippen molar-refractivity contribution >= 4 is 11.9 Å². The molecule has 0 atom stereocenters. The molecule has 2 rings (SSSR count). The number of benzene rings is 1. The van der Waals surface area contributed by atoms with Crippen molar-refractivity contribution in [3.05, 3.63) is 29.8 Å². The second kappa shape index (κ2) is 13.0. The third-order valence-electron chi connectivity index (χ3n) is 4.51. The van der Waals surface area contributed by atoms with Crippen LogP contribution < -0.4 is 10.1 Å². The summed E-state index contributed by atoms with van der Waals surface area (Å²) in [6.07, 6.45) is 3.09. The second-order valence-electron chi connectivity index (χ2n) is 6.91. The van der Waals surface area contributed by atoms with Gasteiger partial charge in [-0.25, -0.2) is 4.79 Å². The fourth-order valence-corrected chi connectivity index (χ4v) is 2.99. The molecule has 0 radical (unpaired) electrons. The van der Waals surface area contributed by atoms with E-state index in [2.05, 4.69) is 5.32 Å². The van der Waals surface area contributed by atoms with Crippen LogP contribution in [0.4, 0.5) is 13.2 Å². The molecule has 6 nitrogen and oxygen atoms in total. The number of halogens is 3. The first kappa shape index (κ1) is 24.7. The summed E-state index contributed by atoms with van der Waals surface area (Å²) in [5.41, 5.74) is 1.13. The zero-order valence-electron chi connectivity index (χ0n) is 16.2. The van der Waals surface area contributed by atoms with Crippen molar-refractivity contribution in [2.45, 2.75) is 57.7 Å². The van der Waals surface area contributed by atoms with E-state index in [4.69, 9.17) is 19.7 Å². The van der Waals surface area contributed by atoms with Crippen molar-refractivity contribution in [2.24, 2.45) is 5.92 Å². The highest BCUT2D eigenvalue weighted by Crippen LogP contribution is 2.26. The largest absolute Gasteiger partial charge is 0.494 e. The van der Waals surface area contributed by atoms with E-state index in [-0.39, 0.29) is 6.42 Å². The Bertz CT molecular complexity index is 631. The molecule has 29 heavy (non-hydrogen) atoms. The predicted molar refractivity (Wildman–Crippen MR) is 101 cm³/mol. The zero-order valence-corrected chi connectivity index (χ0v) is 16.2. The molecule has 1 fully saturated rings. The molecule has 1 aliphatic carbocycles. The number of nitrogens with one attached hydrogen (secondary N) is 1. The van der Waals surface area contributed by atoms with Gasteiger partial charge < -0.3 is 20.3 Å². The number of hydrogen-bond donors (Lipinski definition) is 3. The molecule has 9 heteroatoms. The Morgan fingerprint density at radius 1 is 1.14 bits per heavy atom. The Balaban J connectivity index is 0.000000516. The number of carbonyl (C=O) groups is 2. The summed E-state index contributed by atoms with van der Waals surface area (Å²) in [4.78, 5) is 19.3. The van der Waals surface area contributed by atoms with E-state index in [1.54, 1.807) is 0 Å². The summed E-state index contributed by atoms with van der Waals surface area (Å²) < 4.78 is 37.6. The summed E-state index contributed by atoms with van der Waals surface area (Å²) in [5, 5.41) is 18.9. The molecule has 1 saturated carbocycles. The van der Waals surface area contributed by atoms with Gasteiger partial charge in [0, 0.05) is 13.1 Å². The second-order valence-corrected chi connectivity index (χ2v) is 6.91. The van der Waals surface area contributed by atoms with Gasteiger partial charge in [0.25, 0.3) is 0 Å². The van der Waals surface area contributed by atoms with E-state index in [1.807, 2.05) is 24.3 Å². The van der Waals surface area contributed by atoms with Gasteiger partial charge >= 0.3 is 18.1 Å². The van der Waals surface area contributed by atoms with E-state index in [9.17, 15) is 18.0 Å². The summed E-state index contributed by atoms with van der Waals surface area (Å²) in [7, 11) is 0. The van der Waals surface area contributed by atoms with Crippen LogP contribution in [0.2, 0.25) is 0 Å². The quantitative estimate of drug-likeness (QED) is 0.519. The van der Waals surface area contributed by atoms with Crippen molar-refractivity contribution in [1.82, 2.24) is 5.32 Å². The van der Waals surface area contributed by atoms with Gasteiger partial charge in [-0.05, 0) is 30.0 Å². The molecular weight excluding hydrogens is 391 g/mol. The molecule has 0 heterocycles. The number of rotatable bonds is 9. The average molecular weight is 419 g/mol. The van der Waals surface area contributed by atoms with Gasteiger partial charge in [-0.3, -0.25) is 4.79 Å². The zero-order chi connectivity index (χ0) is 21.7. The first-order chi connectivity index (χ1) is 13.7. The Morgan fingerprint density at radius 3 is 2.38 bits per heavy atom. The smallest absolute Gasteiger partial charge is 0.490 e. The van der Waals surface area contributed by atoms with E-state index >= 15 is 0 Å². The van der Waals surface area contributed by atoms with Gasteiger partial charge in [0.1, 0.15) is 5.75 Å². The van der Waals surface area contributed by atoms with Crippen LogP contribution in [0.1, 0.15) is 50.5 Å². The fraction of sp³-hybridized carbons (Fsp3) is 0.600. The third-order valence-corrected chi connectivity index (χ3v) is 4.51. The Kier molecular flexibility index (Phi) is 11.1. The minimum Gasteiger partial charge on any atom is -0.494 e. The lowest BCUT2D eigenvalue weighted by Gasteiger charge is -2.21. The van der Waals surface area contributed by atoms with Crippen LogP contribution in [-0.4, -0.2) is 41.5 Å². The maximum atomic E-state index is 10.6. The maximum absolute atomic E-state index is 10.6. The van der Waals surface area contributed by atoms with Gasteiger partial charge in [0.15, 0.2) is 0 Å².